The number of halogens is 1. The molecule has 0 fully saturated rings. The minimum atomic E-state index is -0.00926. The largest absolute Gasteiger partial charge is 0.318 e. The van der Waals surface area contributed by atoms with Crippen LogP contribution in [0.15, 0.2) is 0 Å². The Labute approximate surface area is 96.2 Å². The second-order valence-electron chi connectivity index (χ2n) is 3.60. The van der Waals surface area contributed by atoms with E-state index in [1.165, 1.54) is 13.5 Å². The molecule has 0 saturated heterocycles. The summed E-state index contributed by atoms with van der Waals surface area (Å²) in [6.45, 7) is 13.0. The molecule has 0 aliphatic heterocycles. The smallest absolute Gasteiger partial charge is 0.0546 e. The Morgan fingerprint density at radius 3 is 1.60 bits per heavy atom. The number of likely N-dealkylation sites (N-methyl/N-ethyl adjacent to an activating group) is 2. The predicted octanol–water partition coefficient (Wildman–Crippen LogP) is 3.49. The van der Waals surface area contributed by atoms with E-state index >= 15 is 0 Å². The van der Waals surface area contributed by atoms with E-state index in [-0.39, 0.29) is 6.04 Å². The molecule has 0 aliphatic carbocycles. The van der Waals surface area contributed by atoms with Gasteiger partial charge in [0.2, 0.25) is 0 Å². The monoisotopic (exact) mass is 222 g/mol. The van der Waals surface area contributed by atoms with Crippen LogP contribution in [0.3, 0.4) is 0 Å². The van der Waals surface area contributed by atoms with E-state index in [4.69, 9.17) is 0 Å². The van der Waals surface area contributed by atoms with Crippen molar-refractivity contribution in [3.05, 3.63) is 0 Å². The summed E-state index contributed by atoms with van der Waals surface area (Å²) >= 11 is 0. The lowest BCUT2D eigenvalue weighted by Gasteiger charge is -2.23. The van der Waals surface area contributed by atoms with Crippen molar-refractivity contribution in [2.45, 2.75) is 54.0 Å². The molecule has 2 nitrogen and oxygen atoms in total. The highest BCUT2D eigenvalue weighted by Gasteiger charge is 2.16. The zero-order valence-electron chi connectivity index (χ0n) is 11.9. The lowest BCUT2D eigenvalue weighted by Crippen LogP contribution is -2.38. The topological polar surface area (TPSA) is 15.3 Å². The molecule has 0 radical (unpaired) electrons. The molecule has 1 atom stereocenters. The van der Waals surface area contributed by atoms with Gasteiger partial charge in [-0.15, -0.1) is 9.60 Å². The number of hydrogen-bond acceptors (Lipinski definition) is 2. The van der Waals surface area contributed by atoms with Gasteiger partial charge in [0.25, 0.3) is 0 Å². The Kier molecular flexibility index (Phi) is 22.0. The van der Waals surface area contributed by atoms with E-state index in [2.05, 4.69) is 19.2 Å². The van der Waals surface area contributed by atoms with Gasteiger partial charge in [-0.05, 0) is 13.0 Å². The molecule has 0 saturated carbocycles. The van der Waals surface area contributed by atoms with Crippen molar-refractivity contribution < 1.29 is 4.48 Å². The summed E-state index contributed by atoms with van der Waals surface area (Å²) in [4.78, 5) is 0. The van der Waals surface area contributed by atoms with Gasteiger partial charge in [0.15, 0.2) is 0 Å². The van der Waals surface area contributed by atoms with Crippen LogP contribution in [-0.2, 0) is 0 Å². The third-order valence-corrected chi connectivity index (χ3v) is 1.64. The van der Waals surface area contributed by atoms with E-state index < -0.39 is 0 Å². The van der Waals surface area contributed by atoms with Crippen LogP contribution in [0, 0.1) is 5.92 Å². The van der Waals surface area contributed by atoms with Gasteiger partial charge < -0.3 is 5.32 Å². The van der Waals surface area contributed by atoms with Crippen LogP contribution >= 0.6 is 0 Å². The van der Waals surface area contributed by atoms with Crippen LogP contribution in [0.5, 0.6) is 0 Å². The van der Waals surface area contributed by atoms with Gasteiger partial charge in [0.05, 0.1) is 6.04 Å². The summed E-state index contributed by atoms with van der Waals surface area (Å²) < 4.78 is 12.6. The lowest BCUT2D eigenvalue weighted by molar-refractivity contribution is -0.00972. The zero-order valence-corrected chi connectivity index (χ0v) is 11.9. The molecular weight excluding hydrogens is 191 g/mol. The number of rotatable bonds is 4. The fourth-order valence-corrected chi connectivity index (χ4v) is 0.981. The maximum Gasteiger partial charge on any atom is 0.0546 e. The molecule has 0 aliphatic rings. The summed E-state index contributed by atoms with van der Waals surface area (Å²) in [5, 5.41) is 3.71. The van der Waals surface area contributed by atoms with Crippen molar-refractivity contribution in [2.75, 3.05) is 20.6 Å². The highest BCUT2D eigenvalue weighted by molar-refractivity contribution is 4.68. The normalized spacial score (nSPS) is 11.4. The van der Waals surface area contributed by atoms with E-state index in [1.807, 2.05) is 34.7 Å². The maximum absolute atomic E-state index is 12.6. The minimum absolute atomic E-state index is 0.00926. The Hall–Kier alpha value is -0.150. The molecule has 15 heavy (non-hydrogen) atoms. The number of nitrogens with one attached hydrogen (secondary N) is 1. The summed E-state index contributed by atoms with van der Waals surface area (Å²) in [7, 11) is 3.29. The van der Waals surface area contributed by atoms with Crippen LogP contribution in [0.1, 0.15) is 48.0 Å². The van der Waals surface area contributed by atoms with Crippen molar-refractivity contribution in [1.29, 1.82) is 0 Å². The molecule has 0 rings (SSSR count). The Bertz CT molecular complexity index is 87.6. The standard InChI is InChI=1S/C7H17FN2.C3H8.C2H6/c1-6(2)7(5-9-3)10(4)8;1-3-2;1-2/h6-7,9H,5H2,1-4H3;3H2,1-2H3;1-2H3. The second-order valence-corrected chi connectivity index (χ2v) is 3.60. The fourth-order valence-electron chi connectivity index (χ4n) is 0.981. The van der Waals surface area contributed by atoms with Gasteiger partial charge in [-0.25, -0.2) is 0 Å². The van der Waals surface area contributed by atoms with Gasteiger partial charge in [-0.1, -0.05) is 48.0 Å². The first kappa shape index (κ1) is 20.3. The Balaban J connectivity index is -0.000000245. The molecule has 0 spiro atoms. The Morgan fingerprint density at radius 1 is 1.20 bits per heavy atom. The first-order chi connectivity index (χ1) is 7.01. The number of nitrogens with zero attached hydrogens (tertiary/aromatic N) is 1. The van der Waals surface area contributed by atoms with Gasteiger partial charge >= 0.3 is 0 Å². The highest BCUT2D eigenvalue weighted by Crippen LogP contribution is 2.07. The molecule has 0 amide bonds. The highest BCUT2D eigenvalue weighted by atomic mass is 19.2. The fraction of sp³-hybridized carbons (Fsp3) is 1.00. The summed E-state index contributed by atoms with van der Waals surface area (Å²) in [6.07, 6.45) is 1.25. The SMILES string of the molecule is CC.CCC.CNCC(C(C)C)N(C)F. The molecule has 0 aromatic heterocycles. The lowest BCUT2D eigenvalue weighted by atomic mass is 10.1. The second kappa shape index (κ2) is 16.3. The summed E-state index contributed by atoms with van der Waals surface area (Å²) in [5.74, 6) is 0.349. The van der Waals surface area contributed by atoms with Gasteiger partial charge in [-0.2, -0.15) is 0 Å². The van der Waals surface area contributed by atoms with Crippen LogP contribution in [0.2, 0.25) is 0 Å². The first-order valence-corrected chi connectivity index (χ1v) is 6.04. The number of hydrogen-bond donors (Lipinski definition) is 1. The van der Waals surface area contributed by atoms with Gasteiger partial charge in [-0.3, -0.25) is 0 Å². The molecule has 96 valence electrons. The summed E-state index contributed by atoms with van der Waals surface area (Å²) in [6, 6.07) is -0.00926. The van der Waals surface area contributed by atoms with Crippen LogP contribution in [0.25, 0.3) is 0 Å². The molecule has 1 unspecified atom stereocenters. The third-order valence-electron chi connectivity index (χ3n) is 1.64. The Morgan fingerprint density at radius 2 is 1.53 bits per heavy atom. The van der Waals surface area contributed by atoms with E-state index in [0.717, 1.165) is 5.12 Å². The molecular formula is C12H31FN2. The van der Waals surface area contributed by atoms with Crippen molar-refractivity contribution in [3.8, 4) is 0 Å². The molecule has 0 aromatic rings. The molecule has 0 bridgehead atoms. The van der Waals surface area contributed by atoms with Crippen molar-refractivity contribution in [1.82, 2.24) is 10.4 Å². The van der Waals surface area contributed by atoms with E-state index in [0.29, 0.717) is 12.5 Å². The zero-order chi connectivity index (χ0) is 12.9. The molecule has 0 heterocycles. The quantitative estimate of drug-likeness (QED) is 0.733. The predicted molar refractivity (Wildman–Crippen MR) is 68.7 cm³/mol. The minimum Gasteiger partial charge on any atom is -0.318 e. The van der Waals surface area contributed by atoms with E-state index in [9.17, 15) is 4.48 Å². The van der Waals surface area contributed by atoms with Crippen molar-refractivity contribution in [3.63, 3.8) is 0 Å². The third kappa shape index (κ3) is 16.5. The molecule has 0 aromatic carbocycles. The van der Waals surface area contributed by atoms with Gasteiger partial charge in [0.1, 0.15) is 0 Å². The molecule has 3 heteroatoms. The average molecular weight is 222 g/mol. The summed E-state index contributed by atoms with van der Waals surface area (Å²) in [5.41, 5.74) is 0. The van der Waals surface area contributed by atoms with Crippen molar-refractivity contribution in [2.24, 2.45) is 5.92 Å². The van der Waals surface area contributed by atoms with Gasteiger partial charge in [0, 0.05) is 13.6 Å². The molecule has 1 N–H and O–H groups in total. The van der Waals surface area contributed by atoms with Crippen LogP contribution < -0.4 is 5.32 Å². The maximum atomic E-state index is 12.6. The average Bonchev–Trinajstić information content (AvgIpc) is 2.17. The van der Waals surface area contributed by atoms with Crippen molar-refractivity contribution >= 4 is 0 Å². The van der Waals surface area contributed by atoms with Crippen LogP contribution in [-0.4, -0.2) is 31.8 Å². The van der Waals surface area contributed by atoms with Crippen LogP contribution in [0.4, 0.5) is 4.48 Å². The first-order valence-electron chi connectivity index (χ1n) is 6.04. The van der Waals surface area contributed by atoms with E-state index in [1.54, 1.807) is 0 Å².